The maximum absolute atomic E-state index is 6.71. The fourth-order valence-electron chi connectivity index (χ4n) is 6.32. The molecule has 2 aliphatic heterocycles. The van der Waals surface area contributed by atoms with Crippen LogP contribution in [0.5, 0.6) is 5.75 Å². The zero-order valence-corrected chi connectivity index (χ0v) is 27.8. The first-order chi connectivity index (χ1) is 21.8. The Balaban J connectivity index is 1.37. The first-order valence-corrected chi connectivity index (χ1v) is 18.6. The summed E-state index contributed by atoms with van der Waals surface area (Å²) in [6, 6.07) is 36.3. The van der Waals surface area contributed by atoms with Crippen molar-refractivity contribution in [3.05, 3.63) is 137 Å². The highest BCUT2D eigenvalue weighted by Crippen LogP contribution is 2.62. The minimum atomic E-state index is -2.28. The van der Waals surface area contributed by atoms with Crippen molar-refractivity contribution in [3.63, 3.8) is 0 Å². The Hall–Kier alpha value is -3.93. The normalized spacial score (nSPS) is 19.4. The van der Waals surface area contributed by atoms with Crippen LogP contribution in [-0.4, -0.2) is 12.9 Å². The van der Waals surface area contributed by atoms with E-state index >= 15 is 0 Å². The van der Waals surface area contributed by atoms with Gasteiger partial charge in [0.25, 0.3) is 0 Å². The molecule has 0 aliphatic carbocycles. The van der Waals surface area contributed by atoms with E-state index in [-0.39, 0.29) is 11.7 Å². The lowest BCUT2D eigenvalue weighted by molar-refractivity contribution is -0.105. The number of rotatable bonds is 4. The molecule has 45 heavy (non-hydrogen) atoms. The lowest BCUT2D eigenvalue weighted by Gasteiger charge is -2.25. The second-order valence-electron chi connectivity index (χ2n) is 12.9. The summed E-state index contributed by atoms with van der Waals surface area (Å²) in [6.07, 6.45) is 5.11. The highest BCUT2D eigenvalue weighted by atomic mass is 32.4. The Morgan fingerprint density at radius 1 is 0.822 bits per heavy atom. The van der Waals surface area contributed by atoms with Gasteiger partial charge in [-0.3, -0.25) is 0 Å². The van der Waals surface area contributed by atoms with Gasteiger partial charge in [-0.05, 0) is 63.8 Å². The predicted octanol–water partition coefficient (Wildman–Crippen LogP) is 9.38. The maximum Gasteiger partial charge on any atom is 0.199 e. The molecule has 224 valence electrons. The van der Waals surface area contributed by atoms with Crippen LogP contribution in [0.2, 0.25) is 0 Å². The maximum atomic E-state index is 6.71. The van der Waals surface area contributed by atoms with E-state index in [1.165, 1.54) is 27.1 Å². The molecule has 1 fully saturated rings. The fourth-order valence-corrected chi connectivity index (χ4v) is 10.7. The summed E-state index contributed by atoms with van der Waals surface area (Å²) in [5, 5.41) is 5.88. The second kappa shape index (κ2) is 12.1. The van der Waals surface area contributed by atoms with Crippen molar-refractivity contribution in [1.82, 2.24) is 0 Å². The minimum Gasteiger partial charge on any atom is -0.464 e. The number of benzene rings is 5. The van der Waals surface area contributed by atoms with Crippen LogP contribution in [0.3, 0.4) is 0 Å². The van der Waals surface area contributed by atoms with E-state index in [1.807, 2.05) is 0 Å². The number of hydrogen-bond donors (Lipinski definition) is 0. The molecular weight excluding hydrogens is 587 g/mol. The average molecular weight is 625 g/mol. The topological polar surface area (TPSA) is 18.5 Å². The standard InChI is InChI=1S/C41H37O2PS/c1-41(2,3)32-22-24-34-30(27-32)21-25-37(43-40-19-11-12-26-42-40)36(34)23-20-29-13-7-9-17-35(29)39-28-31-14-8-10-18-38(31)44(39,45)33-15-5-4-6-16-33/h4-10,13-18,21-22,24-25,27-28,40H,11-12,19,26H2,1-3H3. The first kappa shape index (κ1) is 29.8. The van der Waals surface area contributed by atoms with Crippen LogP contribution in [0.1, 0.15) is 67.9 Å². The molecule has 0 N–H and O–H groups in total. The molecule has 0 aromatic heterocycles. The van der Waals surface area contributed by atoms with E-state index < -0.39 is 6.04 Å². The Labute approximate surface area is 272 Å². The van der Waals surface area contributed by atoms with Crippen molar-refractivity contribution < 1.29 is 9.47 Å². The summed E-state index contributed by atoms with van der Waals surface area (Å²) in [5.74, 6) is 7.96. The molecule has 2 nitrogen and oxygen atoms in total. The molecule has 0 amide bonds. The Bertz CT molecular complexity index is 2040. The number of fused-ring (bicyclic) bond motifs is 2. The van der Waals surface area contributed by atoms with Gasteiger partial charge >= 0.3 is 0 Å². The van der Waals surface area contributed by atoms with Gasteiger partial charge in [-0.15, -0.1) is 0 Å². The third-order valence-corrected chi connectivity index (χ3v) is 13.8. The minimum absolute atomic E-state index is 0.0508. The molecule has 2 atom stereocenters. The third kappa shape index (κ3) is 5.69. The zero-order chi connectivity index (χ0) is 31.0. The van der Waals surface area contributed by atoms with Crippen LogP contribution >= 0.6 is 6.04 Å². The third-order valence-electron chi connectivity index (χ3n) is 8.80. The van der Waals surface area contributed by atoms with Crippen molar-refractivity contribution in [2.45, 2.75) is 51.7 Å². The van der Waals surface area contributed by atoms with Gasteiger partial charge in [0.2, 0.25) is 0 Å². The lowest BCUT2D eigenvalue weighted by atomic mass is 9.85. The van der Waals surface area contributed by atoms with Crippen LogP contribution in [0.15, 0.2) is 109 Å². The molecule has 1 saturated heterocycles. The molecule has 2 heterocycles. The molecular formula is C41H37O2PS. The summed E-state index contributed by atoms with van der Waals surface area (Å²) < 4.78 is 12.5. The highest BCUT2D eigenvalue weighted by Gasteiger charge is 2.35. The quantitative estimate of drug-likeness (QED) is 0.147. The smallest absolute Gasteiger partial charge is 0.199 e. The van der Waals surface area contributed by atoms with Gasteiger partial charge in [-0.2, -0.15) is 0 Å². The Morgan fingerprint density at radius 3 is 2.40 bits per heavy atom. The molecule has 5 aromatic carbocycles. The van der Waals surface area contributed by atoms with Crippen LogP contribution in [0, 0.1) is 11.8 Å². The van der Waals surface area contributed by atoms with Crippen molar-refractivity contribution in [3.8, 4) is 17.6 Å². The van der Waals surface area contributed by atoms with Crippen LogP contribution in [0.4, 0.5) is 0 Å². The summed E-state index contributed by atoms with van der Waals surface area (Å²) in [4.78, 5) is 0. The van der Waals surface area contributed by atoms with E-state index in [0.29, 0.717) is 0 Å². The monoisotopic (exact) mass is 624 g/mol. The van der Waals surface area contributed by atoms with Gasteiger partial charge in [0.15, 0.2) is 6.29 Å². The summed E-state index contributed by atoms with van der Waals surface area (Å²) in [7, 11) is 0. The van der Waals surface area contributed by atoms with E-state index in [4.69, 9.17) is 21.3 Å². The number of hydrogen-bond acceptors (Lipinski definition) is 3. The second-order valence-corrected chi connectivity index (χ2v) is 17.2. The number of ether oxygens (including phenoxy) is 2. The van der Waals surface area contributed by atoms with Crippen molar-refractivity contribution >= 4 is 50.6 Å². The van der Waals surface area contributed by atoms with Crippen molar-refractivity contribution in [1.29, 1.82) is 0 Å². The molecule has 0 bridgehead atoms. The van der Waals surface area contributed by atoms with Crippen LogP contribution < -0.4 is 15.3 Å². The summed E-state index contributed by atoms with van der Waals surface area (Å²) in [5.41, 5.74) is 5.50. The molecule has 4 heteroatoms. The van der Waals surface area contributed by atoms with Gasteiger partial charge in [0.05, 0.1) is 12.2 Å². The molecule has 0 saturated carbocycles. The molecule has 2 unspecified atom stereocenters. The Morgan fingerprint density at radius 2 is 1.60 bits per heavy atom. The van der Waals surface area contributed by atoms with Gasteiger partial charge in [-0.25, -0.2) is 0 Å². The first-order valence-electron chi connectivity index (χ1n) is 15.8. The molecule has 2 aliphatic rings. The summed E-state index contributed by atoms with van der Waals surface area (Å²) in [6.45, 7) is 7.47. The Kier molecular flexibility index (Phi) is 8.01. The van der Waals surface area contributed by atoms with Gasteiger partial charge < -0.3 is 9.47 Å². The van der Waals surface area contributed by atoms with E-state index in [2.05, 4.69) is 148 Å². The highest BCUT2D eigenvalue weighted by molar-refractivity contribution is 8.27. The zero-order valence-electron chi connectivity index (χ0n) is 26.0. The van der Waals surface area contributed by atoms with Crippen LogP contribution in [-0.2, 0) is 22.0 Å². The molecule has 0 spiro atoms. The SMILES string of the molecule is CC(C)(C)c1ccc2c(C#Cc3ccccc3C3=Cc4ccccc4P3(=S)c3ccccc3)c(OC3CCCCO3)ccc2c1. The van der Waals surface area contributed by atoms with E-state index in [0.717, 1.165) is 59.1 Å². The molecule has 5 aromatic rings. The average Bonchev–Trinajstić information content (AvgIpc) is 3.37. The van der Waals surface area contributed by atoms with Crippen molar-refractivity contribution in [2.75, 3.05) is 6.61 Å². The van der Waals surface area contributed by atoms with E-state index in [9.17, 15) is 0 Å². The fraction of sp³-hybridized carbons (Fsp3) is 0.220. The van der Waals surface area contributed by atoms with E-state index in [1.54, 1.807) is 0 Å². The summed E-state index contributed by atoms with van der Waals surface area (Å²) >= 11 is 6.71. The lowest BCUT2D eigenvalue weighted by Crippen LogP contribution is -2.25. The van der Waals surface area contributed by atoms with Gasteiger partial charge in [0.1, 0.15) is 5.75 Å². The van der Waals surface area contributed by atoms with Gasteiger partial charge in [-0.1, -0.05) is 141 Å². The molecule has 7 rings (SSSR count). The molecule has 0 radical (unpaired) electrons. The predicted molar refractivity (Wildman–Crippen MR) is 194 cm³/mol. The largest absolute Gasteiger partial charge is 0.464 e. The van der Waals surface area contributed by atoms with Gasteiger partial charge in [0, 0.05) is 34.0 Å². The van der Waals surface area contributed by atoms with Crippen molar-refractivity contribution in [2.24, 2.45) is 0 Å². The van der Waals surface area contributed by atoms with Crippen LogP contribution in [0.25, 0.3) is 22.2 Å².